The highest BCUT2D eigenvalue weighted by atomic mass is 19.3. The van der Waals surface area contributed by atoms with Crippen molar-refractivity contribution in [3.8, 4) is 5.75 Å². The van der Waals surface area contributed by atoms with Crippen LogP contribution in [0.4, 0.5) is 18.0 Å². The van der Waals surface area contributed by atoms with Crippen molar-refractivity contribution in [3.63, 3.8) is 0 Å². The summed E-state index contributed by atoms with van der Waals surface area (Å²) in [5.74, 6) is -3.57. The number of rotatable bonds is 11. The first kappa shape index (κ1) is 33.8. The van der Waals surface area contributed by atoms with Gasteiger partial charge in [0.05, 0.1) is 19.7 Å². The molecule has 3 aromatic carbocycles. The average molecular weight is 622 g/mol. The van der Waals surface area contributed by atoms with Crippen LogP contribution >= 0.6 is 0 Å². The van der Waals surface area contributed by atoms with Gasteiger partial charge in [0, 0.05) is 48.8 Å². The van der Waals surface area contributed by atoms with Gasteiger partial charge in [-0.15, -0.1) is 0 Å². The van der Waals surface area contributed by atoms with E-state index in [0.29, 0.717) is 37.2 Å². The Balaban J connectivity index is 1.81. The number of methoxy groups -OCH3 is 1. The Bertz CT molecular complexity index is 1490. The number of halogens is 3. The molecule has 1 N–H and O–H groups in total. The molecule has 6 nitrogen and oxygen atoms in total. The van der Waals surface area contributed by atoms with Crippen LogP contribution in [0.5, 0.6) is 5.75 Å². The van der Waals surface area contributed by atoms with Crippen LogP contribution in [0.15, 0.2) is 73.3 Å². The monoisotopic (exact) mass is 621 g/mol. The first-order chi connectivity index (χ1) is 21.3. The molecule has 4 rings (SSSR count). The summed E-state index contributed by atoms with van der Waals surface area (Å²) in [6, 6.07) is 17.4. The predicted molar refractivity (Wildman–Crippen MR) is 171 cm³/mol. The van der Waals surface area contributed by atoms with Crippen LogP contribution in [0.3, 0.4) is 0 Å². The molecule has 1 aliphatic rings. The van der Waals surface area contributed by atoms with Crippen molar-refractivity contribution in [2.45, 2.75) is 64.5 Å². The number of carbonyl (C=O) groups excluding carboxylic acids is 2. The molecule has 0 bridgehead atoms. The number of ether oxygens (including phenoxy) is 1. The van der Waals surface area contributed by atoms with Gasteiger partial charge in [0.25, 0.3) is 5.92 Å². The number of carbonyl (C=O) groups is 2. The molecule has 1 aliphatic heterocycles. The van der Waals surface area contributed by atoms with Gasteiger partial charge in [0.2, 0.25) is 0 Å². The number of likely N-dealkylation sites (tertiary alicyclic amines) is 1. The lowest BCUT2D eigenvalue weighted by Gasteiger charge is -2.42. The number of aryl methyl sites for hydroxylation is 1. The fourth-order valence-corrected chi connectivity index (χ4v) is 5.82. The maximum Gasteiger partial charge on any atom is 0.325 e. The van der Waals surface area contributed by atoms with E-state index in [2.05, 4.69) is 11.9 Å². The molecule has 9 heteroatoms. The third kappa shape index (κ3) is 8.14. The molecule has 1 saturated heterocycles. The minimum absolute atomic E-state index is 0.0486. The van der Waals surface area contributed by atoms with Gasteiger partial charge in [0.1, 0.15) is 17.3 Å². The molecular weight excluding hydrogens is 579 g/mol. The number of ketones is 1. The van der Waals surface area contributed by atoms with Crippen molar-refractivity contribution in [3.05, 3.63) is 107 Å². The zero-order valence-electron chi connectivity index (χ0n) is 26.6. The molecule has 0 aromatic heterocycles. The lowest BCUT2D eigenvalue weighted by Crippen LogP contribution is -2.51. The maximum absolute atomic E-state index is 14.7. The largest absolute Gasteiger partial charge is 0.496 e. The molecular formula is C36H42F3N3O3. The van der Waals surface area contributed by atoms with E-state index < -0.39 is 12.0 Å². The van der Waals surface area contributed by atoms with Crippen LogP contribution in [0.1, 0.15) is 73.4 Å². The Hall–Kier alpha value is -4.11. The predicted octanol–water partition coefficient (Wildman–Crippen LogP) is 7.84. The van der Waals surface area contributed by atoms with E-state index in [1.165, 1.54) is 44.4 Å². The number of hydrogen-bond acceptors (Lipinski definition) is 4. The second kappa shape index (κ2) is 14.3. The molecule has 2 unspecified atom stereocenters. The summed E-state index contributed by atoms with van der Waals surface area (Å²) in [7, 11) is 1.40. The van der Waals surface area contributed by atoms with Crippen molar-refractivity contribution in [2.75, 3.05) is 26.7 Å². The van der Waals surface area contributed by atoms with Gasteiger partial charge in [-0.3, -0.25) is 9.69 Å². The second-order valence-corrected chi connectivity index (χ2v) is 11.9. The number of nitrogens with zero attached hydrogens (tertiary/aromatic N) is 2. The minimum Gasteiger partial charge on any atom is -0.496 e. The molecule has 1 fully saturated rings. The van der Waals surface area contributed by atoms with Crippen molar-refractivity contribution in [2.24, 2.45) is 0 Å². The number of hydrogen-bond donors (Lipinski definition) is 1. The summed E-state index contributed by atoms with van der Waals surface area (Å²) in [5.41, 5.74) is 3.16. The molecule has 0 saturated carbocycles. The molecule has 45 heavy (non-hydrogen) atoms. The van der Waals surface area contributed by atoms with Crippen molar-refractivity contribution < 1.29 is 27.5 Å². The Morgan fingerprint density at radius 2 is 1.64 bits per heavy atom. The Morgan fingerprint density at radius 1 is 1.04 bits per heavy atom. The number of benzene rings is 3. The van der Waals surface area contributed by atoms with Crippen LogP contribution in [-0.4, -0.2) is 54.4 Å². The number of alkyl halides is 2. The average Bonchev–Trinajstić information content (AvgIpc) is 3.02. The van der Waals surface area contributed by atoms with Crippen molar-refractivity contribution >= 4 is 17.5 Å². The van der Waals surface area contributed by atoms with Gasteiger partial charge < -0.3 is 15.0 Å². The number of Topliss-reactive ketones (excluding diaryl/α,β-unsaturated/α-hetero) is 1. The standard InChI is InChI=1S/C36H42F3N3O3/c1-23-7-9-28(10-8-23)34(25(3)27-11-14-30(37)15-12-27)42(35(44)41-19-17-31(18-20-41)40-22-24(2)43)26(4)32-16-13-29(36(5,38)39)21-33(32)45-6/h7-16,21,25,31,34,40H,4,17-20,22H2,1-3,5-6H3. The third-order valence-electron chi connectivity index (χ3n) is 8.49. The van der Waals surface area contributed by atoms with Crippen LogP contribution in [0.2, 0.25) is 0 Å². The van der Waals surface area contributed by atoms with Crippen molar-refractivity contribution in [1.82, 2.24) is 15.1 Å². The summed E-state index contributed by atoms with van der Waals surface area (Å²) in [5, 5.41) is 3.26. The van der Waals surface area contributed by atoms with Crippen LogP contribution in [0.25, 0.3) is 5.70 Å². The SMILES string of the molecule is C=C(c1ccc(C(C)(F)F)cc1OC)N(C(=O)N1CCC(NCC(C)=O)CC1)C(c1ccc(C)cc1)C(C)c1ccc(F)cc1. The van der Waals surface area contributed by atoms with E-state index in [4.69, 9.17) is 4.74 Å². The zero-order chi connectivity index (χ0) is 32.9. The summed E-state index contributed by atoms with van der Waals surface area (Å²) in [4.78, 5) is 29.6. The van der Waals surface area contributed by atoms with Crippen LogP contribution < -0.4 is 10.1 Å². The van der Waals surface area contributed by atoms with E-state index in [1.807, 2.05) is 38.1 Å². The Kier molecular flexibility index (Phi) is 10.8. The summed E-state index contributed by atoms with van der Waals surface area (Å²) >= 11 is 0. The molecule has 0 aliphatic carbocycles. The highest BCUT2D eigenvalue weighted by Gasteiger charge is 2.38. The fraction of sp³-hybridized carbons (Fsp3) is 0.389. The highest BCUT2D eigenvalue weighted by Crippen LogP contribution is 2.43. The number of piperidine rings is 1. The maximum atomic E-state index is 14.7. The van der Waals surface area contributed by atoms with E-state index in [0.717, 1.165) is 23.6 Å². The first-order valence-corrected chi connectivity index (χ1v) is 15.2. The van der Waals surface area contributed by atoms with E-state index in [1.54, 1.807) is 21.9 Å². The third-order valence-corrected chi connectivity index (χ3v) is 8.49. The fourth-order valence-electron chi connectivity index (χ4n) is 5.82. The van der Waals surface area contributed by atoms with Gasteiger partial charge in [-0.2, -0.15) is 0 Å². The lowest BCUT2D eigenvalue weighted by molar-refractivity contribution is -0.116. The van der Waals surface area contributed by atoms with Crippen LogP contribution in [0, 0.1) is 12.7 Å². The summed E-state index contributed by atoms with van der Waals surface area (Å²) in [6.07, 6.45) is 1.32. The Morgan fingerprint density at radius 3 is 2.20 bits per heavy atom. The molecule has 240 valence electrons. The lowest BCUT2D eigenvalue weighted by atomic mass is 9.86. The molecule has 2 atom stereocenters. The smallest absolute Gasteiger partial charge is 0.325 e. The van der Waals surface area contributed by atoms with Gasteiger partial charge in [-0.25, -0.2) is 18.0 Å². The van der Waals surface area contributed by atoms with Crippen LogP contribution in [-0.2, 0) is 10.7 Å². The normalized spacial score (nSPS) is 15.3. The van der Waals surface area contributed by atoms with E-state index in [9.17, 15) is 22.8 Å². The first-order valence-electron chi connectivity index (χ1n) is 15.2. The topological polar surface area (TPSA) is 61.9 Å². The quantitative estimate of drug-likeness (QED) is 0.237. The Labute approximate surface area is 263 Å². The number of nitrogens with one attached hydrogen (secondary N) is 1. The number of urea groups is 1. The molecule has 1 heterocycles. The van der Waals surface area contributed by atoms with Gasteiger partial charge in [-0.05, 0) is 62.1 Å². The zero-order valence-corrected chi connectivity index (χ0v) is 26.6. The van der Waals surface area contributed by atoms with E-state index in [-0.39, 0.29) is 47.4 Å². The highest BCUT2D eigenvalue weighted by molar-refractivity contribution is 5.87. The summed E-state index contributed by atoms with van der Waals surface area (Å²) < 4.78 is 48.1. The molecule has 3 aromatic rings. The molecule has 0 radical (unpaired) electrons. The number of amides is 2. The van der Waals surface area contributed by atoms with Crippen molar-refractivity contribution in [1.29, 1.82) is 0 Å². The van der Waals surface area contributed by atoms with E-state index >= 15 is 0 Å². The van der Waals surface area contributed by atoms with Gasteiger partial charge in [-0.1, -0.05) is 61.5 Å². The second-order valence-electron chi connectivity index (χ2n) is 11.9. The van der Waals surface area contributed by atoms with Gasteiger partial charge >= 0.3 is 6.03 Å². The molecule has 2 amide bonds. The minimum atomic E-state index is -3.09. The molecule has 0 spiro atoms. The van der Waals surface area contributed by atoms with Gasteiger partial charge in [0.15, 0.2) is 0 Å². The summed E-state index contributed by atoms with van der Waals surface area (Å²) in [6.45, 7) is 11.8.